The second kappa shape index (κ2) is 5.45. The van der Waals surface area contributed by atoms with Crippen LogP contribution in [0.1, 0.15) is 7.85 Å². The van der Waals surface area contributed by atoms with Crippen molar-refractivity contribution in [1.29, 1.82) is 0 Å². The van der Waals surface area contributed by atoms with Gasteiger partial charge in [0.05, 0.1) is 6.04 Å². The van der Waals surface area contributed by atoms with Gasteiger partial charge in [-0.2, -0.15) is 0 Å². The molecule has 0 saturated carbocycles. The maximum Gasteiger partial charge on any atom is 1.00 e. The van der Waals surface area contributed by atoms with E-state index in [9.17, 15) is 0 Å². The SMILES string of the molecule is NCCC(N)C(N)(N)N.[H-].[Na+]. The average Bonchev–Trinajstić information content (AvgIpc) is 1.64. The first-order valence-corrected chi connectivity index (χ1v) is 2.80. The van der Waals surface area contributed by atoms with Crippen LogP contribution in [0.15, 0.2) is 0 Å². The van der Waals surface area contributed by atoms with Crippen molar-refractivity contribution in [2.75, 3.05) is 6.54 Å². The fourth-order valence-corrected chi connectivity index (χ4v) is 0.430. The molecule has 0 aliphatic heterocycles. The van der Waals surface area contributed by atoms with E-state index in [4.69, 9.17) is 28.7 Å². The molecule has 0 aliphatic carbocycles. The maximum atomic E-state index is 5.41. The molecule has 0 saturated heterocycles. The minimum Gasteiger partial charge on any atom is -1.00 e. The summed E-state index contributed by atoms with van der Waals surface area (Å²) in [6.07, 6.45) is 0.545. The number of hydrogen-bond acceptors (Lipinski definition) is 5. The van der Waals surface area contributed by atoms with Crippen LogP contribution in [0, 0.1) is 0 Å². The first-order chi connectivity index (χ1) is 3.98. The van der Waals surface area contributed by atoms with E-state index in [0.29, 0.717) is 13.0 Å². The number of hydrogen-bond donors (Lipinski definition) is 5. The molecular weight excluding hydrogens is 141 g/mol. The van der Waals surface area contributed by atoms with E-state index < -0.39 is 11.8 Å². The van der Waals surface area contributed by atoms with Crippen LogP contribution in [-0.2, 0) is 0 Å². The Kier molecular flexibility index (Phi) is 7.30. The molecule has 10 N–H and O–H groups in total. The quantitative estimate of drug-likeness (QED) is 0.206. The van der Waals surface area contributed by atoms with Crippen LogP contribution < -0.4 is 58.2 Å². The summed E-state index contributed by atoms with van der Waals surface area (Å²) in [4.78, 5) is 0. The Balaban J connectivity index is -0.000000320. The second-order valence-electron chi connectivity index (χ2n) is 2.18. The summed E-state index contributed by atoms with van der Waals surface area (Å²) in [5, 5.41) is 0. The fraction of sp³-hybridized carbons (Fsp3) is 1.00. The molecule has 1 atom stereocenters. The van der Waals surface area contributed by atoms with Gasteiger partial charge >= 0.3 is 29.6 Å². The Labute approximate surface area is 84.4 Å². The standard InChI is InChI=1S/C4H15N5.Na.H/c5-2-1-3(6)4(7,8)9;;/h3H,1-2,5-9H2;;/q;+1;-1. The molecule has 0 bridgehead atoms. The molecule has 0 aliphatic rings. The molecule has 0 aromatic heterocycles. The number of rotatable bonds is 3. The Morgan fingerprint density at radius 2 is 1.70 bits per heavy atom. The van der Waals surface area contributed by atoms with Crippen molar-refractivity contribution in [3.63, 3.8) is 0 Å². The van der Waals surface area contributed by atoms with Gasteiger partial charge in [0, 0.05) is 0 Å². The van der Waals surface area contributed by atoms with E-state index >= 15 is 0 Å². The third-order valence-electron chi connectivity index (χ3n) is 1.12. The van der Waals surface area contributed by atoms with Crippen molar-refractivity contribution in [3.8, 4) is 0 Å². The summed E-state index contributed by atoms with van der Waals surface area (Å²) in [5.41, 5.74) is 26.3. The zero-order chi connectivity index (χ0) is 7.49. The van der Waals surface area contributed by atoms with E-state index in [0.717, 1.165) is 0 Å². The molecule has 1 unspecified atom stereocenters. The van der Waals surface area contributed by atoms with Gasteiger partial charge in [-0.05, 0) is 13.0 Å². The van der Waals surface area contributed by atoms with Crippen molar-refractivity contribution in [1.82, 2.24) is 0 Å². The summed E-state index contributed by atoms with van der Waals surface area (Å²) in [6.45, 7) is 0.453. The van der Waals surface area contributed by atoms with Gasteiger partial charge in [0.2, 0.25) is 0 Å². The van der Waals surface area contributed by atoms with Crippen molar-refractivity contribution in [2.24, 2.45) is 28.7 Å². The first-order valence-electron chi connectivity index (χ1n) is 2.80. The van der Waals surface area contributed by atoms with Gasteiger partial charge in [-0.3, -0.25) is 17.2 Å². The molecule has 5 nitrogen and oxygen atoms in total. The predicted octanol–water partition coefficient (Wildman–Crippen LogP) is -5.69. The largest absolute Gasteiger partial charge is 1.00 e. The van der Waals surface area contributed by atoms with Crippen LogP contribution in [0.3, 0.4) is 0 Å². The Morgan fingerprint density at radius 3 is 1.80 bits per heavy atom. The van der Waals surface area contributed by atoms with Crippen molar-refractivity contribution in [3.05, 3.63) is 0 Å². The zero-order valence-corrected chi connectivity index (χ0v) is 8.38. The van der Waals surface area contributed by atoms with Crippen molar-refractivity contribution >= 4 is 0 Å². The van der Waals surface area contributed by atoms with E-state index in [1.54, 1.807) is 0 Å². The average molecular weight is 157 g/mol. The topological polar surface area (TPSA) is 130 Å². The minimum atomic E-state index is -1.29. The van der Waals surface area contributed by atoms with Crippen LogP contribution in [0.5, 0.6) is 0 Å². The summed E-state index contributed by atoms with van der Waals surface area (Å²) >= 11 is 0. The third kappa shape index (κ3) is 5.57. The molecule has 58 valence electrons. The maximum absolute atomic E-state index is 5.41. The van der Waals surface area contributed by atoms with Crippen LogP contribution >= 0.6 is 0 Å². The normalized spacial score (nSPS) is 14.1. The van der Waals surface area contributed by atoms with E-state index in [2.05, 4.69) is 0 Å². The van der Waals surface area contributed by atoms with Gasteiger partial charge in [-0.1, -0.05) is 0 Å². The molecule has 0 rings (SSSR count). The third-order valence-corrected chi connectivity index (χ3v) is 1.12. The van der Waals surface area contributed by atoms with Gasteiger partial charge in [-0.15, -0.1) is 0 Å². The summed E-state index contributed by atoms with van der Waals surface area (Å²) in [6, 6.07) is -0.428. The molecule has 0 radical (unpaired) electrons. The first kappa shape index (κ1) is 13.4. The van der Waals surface area contributed by atoms with Gasteiger partial charge in [0.15, 0.2) is 0 Å². The van der Waals surface area contributed by atoms with E-state index in [1.807, 2.05) is 0 Å². The molecule has 0 aromatic rings. The smallest absolute Gasteiger partial charge is 1.00 e. The van der Waals surface area contributed by atoms with Gasteiger partial charge in [-0.25, -0.2) is 0 Å². The second-order valence-corrected chi connectivity index (χ2v) is 2.18. The molecule has 6 heteroatoms. The predicted molar refractivity (Wildman–Crippen MR) is 38.1 cm³/mol. The zero-order valence-electron chi connectivity index (χ0n) is 7.38. The van der Waals surface area contributed by atoms with Crippen LogP contribution in [0.25, 0.3) is 0 Å². The van der Waals surface area contributed by atoms with Crippen molar-refractivity contribution < 1.29 is 31.0 Å². The molecule has 0 spiro atoms. The Bertz CT molecular complexity index is 85.0. The summed E-state index contributed by atoms with van der Waals surface area (Å²) < 4.78 is 0. The van der Waals surface area contributed by atoms with Gasteiger partial charge in [0.1, 0.15) is 5.79 Å². The van der Waals surface area contributed by atoms with Crippen LogP contribution in [0.2, 0.25) is 0 Å². The fourth-order valence-electron chi connectivity index (χ4n) is 0.430. The van der Waals surface area contributed by atoms with E-state index in [-0.39, 0.29) is 31.0 Å². The number of nitrogens with two attached hydrogens (primary N) is 5. The summed E-state index contributed by atoms with van der Waals surface area (Å²) in [5.74, 6) is -1.29. The minimum absolute atomic E-state index is 0. The van der Waals surface area contributed by atoms with Gasteiger partial charge in [0.25, 0.3) is 0 Å². The van der Waals surface area contributed by atoms with Gasteiger partial charge < -0.3 is 12.9 Å². The Morgan fingerprint density at radius 1 is 1.30 bits per heavy atom. The summed E-state index contributed by atoms with van der Waals surface area (Å²) in [7, 11) is 0. The van der Waals surface area contributed by atoms with Crippen LogP contribution in [-0.4, -0.2) is 18.4 Å². The molecule has 0 fully saturated rings. The molecular formula is C4H16N5Na. The molecule has 10 heavy (non-hydrogen) atoms. The van der Waals surface area contributed by atoms with E-state index in [1.165, 1.54) is 0 Å². The monoisotopic (exact) mass is 157 g/mol. The molecule has 0 aromatic carbocycles. The van der Waals surface area contributed by atoms with Crippen molar-refractivity contribution in [2.45, 2.75) is 18.2 Å². The molecule has 0 amide bonds. The molecule has 0 heterocycles. The Hall–Kier alpha value is 0.800. The van der Waals surface area contributed by atoms with Crippen LogP contribution in [0.4, 0.5) is 0 Å².